The lowest BCUT2D eigenvalue weighted by Gasteiger charge is -2.20. The van der Waals surface area contributed by atoms with Crippen molar-refractivity contribution in [2.24, 2.45) is 5.73 Å². The van der Waals surface area contributed by atoms with Gasteiger partial charge in [0, 0.05) is 17.3 Å². The first-order chi connectivity index (χ1) is 16.5. The third-order valence-electron chi connectivity index (χ3n) is 5.12. The van der Waals surface area contributed by atoms with Gasteiger partial charge in [0.25, 0.3) is 0 Å². The smallest absolute Gasteiger partial charge is 0.352 e. The molecule has 1 atom stereocenters. The number of anilines is 1. The van der Waals surface area contributed by atoms with Crippen molar-refractivity contribution in [1.29, 1.82) is 10.7 Å². The summed E-state index contributed by atoms with van der Waals surface area (Å²) in [5.41, 5.74) is 7.24. The Morgan fingerprint density at radius 3 is 2.76 bits per heavy atom. The van der Waals surface area contributed by atoms with Crippen LogP contribution in [0, 0.1) is 16.7 Å². The van der Waals surface area contributed by atoms with Crippen molar-refractivity contribution in [3.8, 4) is 17.6 Å². The van der Waals surface area contributed by atoms with Crippen molar-refractivity contribution in [2.75, 3.05) is 19.0 Å². The van der Waals surface area contributed by atoms with E-state index in [0.29, 0.717) is 28.7 Å². The van der Waals surface area contributed by atoms with Gasteiger partial charge in [-0.25, -0.2) is 4.79 Å². The number of quaternary nitrogens is 1. The van der Waals surface area contributed by atoms with E-state index in [9.17, 15) is 4.79 Å². The van der Waals surface area contributed by atoms with E-state index in [1.54, 1.807) is 53.9 Å². The van der Waals surface area contributed by atoms with Crippen LogP contribution in [0.15, 0.2) is 65.6 Å². The minimum Gasteiger partial charge on any atom is -0.493 e. The molecular weight excluding hydrogens is 436 g/mol. The maximum Gasteiger partial charge on any atom is 0.352 e. The van der Waals surface area contributed by atoms with E-state index in [1.165, 1.54) is 11.8 Å². The average molecular weight is 459 g/mol. The van der Waals surface area contributed by atoms with Crippen LogP contribution in [0.25, 0.3) is 5.82 Å². The van der Waals surface area contributed by atoms with Gasteiger partial charge >= 0.3 is 5.69 Å². The lowest BCUT2D eigenvalue weighted by Crippen LogP contribution is -2.75. The second kappa shape index (κ2) is 9.76. The van der Waals surface area contributed by atoms with Gasteiger partial charge in [-0.05, 0) is 48.0 Å². The molecule has 0 saturated heterocycles. The molecule has 2 aromatic carbocycles. The van der Waals surface area contributed by atoms with Gasteiger partial charge in [-0.2, -0.15) is 5.26 Å². The van der Waals surface area contributed by atoms with Gasteiger partial charge in [0.2, 0.25) is 5.82 Å². The average Bonchev–Trinajstić information content (AvgIpc) is 3.51. The van der Waals surface area contributed by atoms with Crippen molar-refractivity contribution < 1.29 is 14.8 Å². The fraction of sp³-hybridized carbons (Fsp3) is 0.130. The second-order valence-electron chi connectivity index (χ2n) is 7.30. The Hall–Kier alpha value is -4.82. The number of allylic oxidation sites excluding steroid dienone is 2. The molecule has 1 aliphatic heterocycles. The van der Waals surface area contributed by atoms with Gasteiger partial charge < -0.3 is 20.5 Å². The topological polar surface area (TPSA) is 171 Å². The summed E-state index contributed by atoms with van der Waals surface area (Å²) in [4.78, 5) is 15.5. The molecule has 0 bridgehead atoms. The number of hydrogen-bond donors (Lipinski definition) is 5. The number of benzene rings is 2. The van der Waals surface area contributed by atoms with Gasteiger partial charge in [-0.3, -0.25) is 15.7 Å². The summed E-state index contributed by atoms with van der Waals surface area (Å²) in [6.07, 6.45) is 5.44. The van der Waals surface area contributed by atoms with Gasteiger partial charge in [0.05, 0.1) is 13.3 Å². The number of methoxy groups -OCH3 is 1. The number of aromatic nitrogens is 3. The zero-order chi connectivity index (χ0) is 24.1. The van der Waals surface area contributed by atoms with Crippen molar-refractivity contribution in [2.45, 2.75) is 6.04 Å². The summed E-state index contributed by atoms with van der Waals surface area (Å²) in [7, 11) is 1.51. The predicted molar refractivity (Wildman–Crippen MR) is 125 cm³/mol. The largest absolute Gasteiger partial charge is 0.493 e. The monoisotopic (exact) mass is 459 g/mol. The first-order valence-electron chi connectivity index (χ1n) is 10.3. The number of nitrogen functional groups attached to an aromatic ring is 1. The molecule has 7 N–H and O–H groups in total. The normalized spacial score (nSPS) is 13.1. The number of nitrogens with two attached hydrogens (primary N) is 2. The molecule has 4 rings (SSSR count). The van der Waals surface area contributed by atoms with E-state index in [-0.39, 0.29) is 18.1 Å². The maximum atomic E-state index is 12.6. The molecule has 0 amide bonds. The third-order valence-corrected chi connectivity index (χ3v) is 5.12. The summed E-state index contributed by atoms with van der Waals surface area (Å²) >= 11 is 0. The standard InChI is InChI=1S/C23H22N8O3/c1-33-18-13-15(6-9-17(18)34-12-10-24)20(28-16-7-4-14(5-8-16)21(25)26)22-29-23(32)31(30-22)19-3-2-11-27-19/h2-9,11,13,20,27-28H,12H2,1H3,(H3,25,26)(H,29,30,32)/p+1. The van der Waals surface area contributed by atoms with Crippen molar-refractivity contribution in [3.63, 3.8) is 0 Å². The van der Waals surface area contributed by atoms with E-state index in [0.717, 1.165) is 11.3 Å². The molecule has 0 aliphatic carbocycles. The van der Waals surface area contributed by atoms with Gasteiger partial charge in [0.15, 0.2) is 23.9 Å². The van der Waals surface area contributed by atoms with Crippen molar-refractivity contribution in [3.05, 3.63) is 88.3 Å². The number of amidine groups is 1. The molecule has 2 heterocycles. The fourth-order valence-electron chi connectivity index (χ4n) is 3.47. The highest BCUT2D eigenvalue weighted by Gasteiger charge is 2.23. The number of ether oxygens (including phenoxy) is 2. The molecule has 0 radical (unpaired) electrons. The van der Waals surface area contributed by atoms with E-state index in [2.05, 4.69) is 15.4 Å². The molecule has 34 heavy (non-hydrogen) atoms. The molecule has 1 aliphatic rings. The minimum atomic E-state index is -0.564. The van der Waals surface area contributed by atoms with Gasteiger partial charge in [-0.15, -0.1) is 9.78 Å². The number of nitrogens with zero attached hydrogens (tertiary/aromatic N) is 3. The molecule has 1 unspecified atom stereocenters. The van der Waals surface area contributed by atoms with Crippen LogP contribution in [0.2, 0.25) is 0 Å². The Morgan fingerprint density at radius 1 is 1.32 bits per heavy atom. The second-order valence-corrected chi connectivity index (χ2v) is 7.30. The molecule has 11 heteroatoms. The Balaban J connectivity index is 1.74. The quantitative estimate of drug-likeness (QED) is 0.233. The Labute approximate surface area is 194 Å². The van der Waals surface area contributed by atoms with Gasteiger partial charge in [-0.1, -0.05) is 6.07 Å². The number of aromatic amines is 1. The van der Waals surface area contributed by atoms with Crippen LogP contribution in [0.4, 0.5) is 5.69 Å². The van der Waals surface area contributed by atoms with Crippen LogP contribution in [0.5, 0.6) is 11.5 Å². The molecule has 0 fully saturated rings. The SMILES string of the molecule is COc1cc(C(Nc2ccc(C(=N)N)cc2)c2nn(C3=CC=C[NH2+]3)c(=O)[nH]2)ccc1OCC#N. The zero-order valence-corrected chi connectivity index (χ0v) is 18.3. The number of rotatable bonds is 9. The first-order valence-corrected chi connectivity index (χ1v) is 10.3. The maximum absolute atomic E-state index is 12.6. The van der Waals surface area contributed by atoms with E-state index in [1.807, 2.05) is 18.3 Å². The van der Waals surface area contributed by atoms with E-state index in [4.69, 9.17) is 25.9 Å². The first kappa shape index (κ1) is 22.4. The molecule has 11 nitrogen and oxygen atoms in total. The van der Waals surface area contributed by atoms with Crippen molar-refractivity contribution >= 4 is 17.3 Å². The van der Waals surface area contributed by atoms with Crippen LogP contribution in [0.1, 0.15) is 23.0 Å². The summed E-state index contributed by atoms with van der Waals surface area (Å²) in [6, 6.07) is 13.7. The number of H-pyrrole nitrogens is 1. The highest BCUT2D eigenvalue weighted by molar-refractivity contribution is 5.95. The van der Waals surface area contributed by atoms with Crippen LogP contribution in [0.3, 0.4) is 0 Å². The lowest BCUT2D eigenvalue weighted by atomic mass is 10.0. The third kappa shape index (κ3) is 4.67. The number of nitrogens with one attached hydrogen (secondary N) is 3. The lowest BCUT2D eigenvalue weighted by molar-refractivity contribution is -0.491. The zero-order valence-electron chi connectivity index (χ0n) is 18.3. The van der Waals surface area contributed by atoms with Crippen LogP contribution < -0.4 is 31.5 Å². The van der Waals surface area contributed by atoms with E-state index < -0.39 is 6.04 Å². The predicted octanol–water partition coefficient (Wildman–Crippen LogP) is 0.857. The Bertz CT molecular complexity index is 1360. The summed E-state index contributed by atoms with van der Waals surface area (Å²) in [6.45, 7) is -0.114. The fourth-order valence-corrected chi connectivity index (χ4v) is 3.47. The van der Waals surface area contributed by atoms with Crippen LogP contribution >= 0.6 is 0 Å². The number of hydrogen-bond acceptors (Lipinski definition) is 7. The Kier molecular flexibility index (Phi) is 6.42. The molecular formula is C23H23N8O3+. The van der Waals surface area contributed by atoms with Gasteiger partial charge in [0.1, 0.15) is 17.9 Å². The molecule has 0 spiro atoms. The highest BCUT2D eigenvalue weighted by atomic mass is 16.5. The molecule has 3 aromatic rings. The molecule has 1 aromatic heterocycles. The molecule has 172 valence electrons. The minimum absolute atomic E-state index is 0.0291. The Morgan fingerprint density at radius 2 is 2.12 bits per heavy atom. The molecule has 0 saturated carbocycles. The van der Waals surface area contributed by atoms with Crippen molar-refractivity contribution in [1.82, 2.24) is 14.8 Å². The summed E-state index contributed by atoms with van der Waals surface area (Å²) in [5, 5.41) is 26.1. The van der Waals surface area contributed by atoms with Crippen LogP contribution in [-0.4, -0.2) is 34.3 Å². The number of nitriles is 1. The highest BCUT2D eigenvalue weighted by Crippen LogP contribution is 2.33. The summed E-state index contributed by atoms with van der Waals surface area (Å²) in [5.74, 6) is 1.86. The van der Waals surface area contributed by atoms with E-state index >= 15 is 0 Å². The summed E-state index contributed by atoms with van der Waals surface area (Å²) < 4.78 is 12.2. The van der Waals surface area contributed by atoms with Crippen LogP contribution in [-0.2, 0) is 0 Å².